The highest BCUT2D eigenvalue weighted by molar-refractivity contribution is 6.20. The predicted molar refractivity (Wildman–Crippen MR) is 77.5 cm³/mol. The van der Waals surface area contributed by atoms with Crippen LogP contribution < -0.4 is 0 Å². The summed E-state index contributed by atoms with van der Waals surface area (Å²) >= 11 is 6.28. The summed E-state index contributed by atoms with van der Waals surface area (Å²) in [7, 11) is 1.71. The van der Waals surface area contributed by atoms with Gasteiger partial charge in [-0.3, -0.25) is 0 Å². The number of aromatic nitrogens is 3. The van der Waals surface area contributed by atoms with Gasteiger partial charge in [0.1, 0.15) is 11.3 Å². The number of methoxy groups -OCH3 is 1. The number of rotatable bonds is 5. The highest BCUT2D eigenvalue weighted by atomic mass is 35.5. The van der Waals surface area contributed by atoms with Crippen LogP contribution in [0.25, 0.3) is 11.2 Å². The van der Waals surface area contributed by atoms with Crippen LogP contribution in [0, 0.1) is 5.92 Å². The maximum atomic E-state index is 6.28. The largest absolute Gasteiger partial charge is 0.383 e. The first-order valence-electron chi connectivity index (χ1n) is 6.52. The van der Waals surface area contributed by atoms with Gasteiger partial charge in [0.2, 0.25) is 0 Å². The van der Waals surface area contributed by atoms with Crippen molar-refractivity contribution in [3.63, 3.8) is 0 Å². The topological polar surface area (TPSA) is 39.9 Å². The summed E-state index contributed by atoms with van der Waals surface area (Å²) in [6.45, 7) is 6.89. The first-order chi connectivity index (χ1) is 9.06. The molecule has 0 aliphatic heterocycles. The monoisotopic (exact) mass is 281 g/mol. The van der Waals surface area contributed by atoms with E-state index in [0.717, 1.165) is 17.0 Å². The number of hydrogen-bond donors (Lipinski definition) is 0. The van der Waals surface area contributed by atoms with Crippen molar-refractivity contribution in [1.29, 1.82) is 0 Å². The summed E-state index contributed by atoms with van der Waals surface area (Å²) in [6.07, 6.45) is 1.79. The zero-order valence-corrected chi connectivity index (χ0v) is 12.6. The molecule has 0 N–H and O–H groups in total. The maximum absolute atomic E-state index is 6.28. The fourth-order valence-corrected chi connectivity index (χ4v) is 2.44. The number of fused-ring (bicyclic) bond motifs is 1. The Balaban J connectivity index is 2.63. The lowest BCUT2D eigenvalue weighted by molar-refractivity contribution is 0.133. The lowest BCUT2D eigenvalue weighted by atomic mass is 10.0. The van der Waals surface area contributed by atoms with Crippen LogP contribution in [0.15, 0.2) is 18.3 Å². The van der Waals surface area contributed by atoms with E-state index < -0.39 is 0 Å². The van der Waals surface area contributed by atoms with Crippen molar-refractivity contribution in [2.75, 3.05) is 13.7 Å². The van der Waals surface area contributed by atoms with Gasteiger partial charge in [-0.05, 0) is 25.0 Å². The number of ether oxygens (including phenoxy) is 1. The molecule has 0 spiro atoms. The Labute approximate surface area is 118 Å². The van der Waals surface area contributed by atoms with Gasteiger partial charge >= 0.3 is 0 Å². The third-order valence-corrected chi connectivity index (χ3v) is 3.47. The summed E-state index contributed by atoms with van der Waals surface area (Å²) in [5, 5.41) is -0.160. The molecule has 104 valence electrons. The molecule has 5 heteroatoms. The first-order valence-corrected chi connectivity index (χ1v) is 6.95. The Morgan fingerprint density at radius 3 is 2.68 bits per heavy atom. The molecule has 0 bridgehead atoms. The molecule has 0 saturated carbocycles. The van der Waals surface area contributed by atoms with Crippen LogP contribution in [-0.4, -0.2) is 28.3 Å². The Kier molecular flexibility index (Phi) is 4.42. The predicted octanol–water partition coefficient (Wildman–Crippen LogP) is 3.57. The molecule has 4 nitrogen and oxygen atoms in total. The third kappa shape index (κ3) is 2.74. The Morgan fingerprint density at radius 1 is 1.37 bits per heavy atom. The van der Waals surface area contributed by atoms with Crippen molar-refractivity contribution in [2.24, 2.45) is 5.92 Å². The van der Waals surface area contributed by atoms with E-state index >= 15 is 0 Å². The highest BCUT2D eigenvalue weighted by Gasteiger charge is 2.24. The fraction of sp³-hybridized carbons (Fsp3) is 0.571. The summed E-state index contributed by atoms with van der Waals surface area (Å²) in [5.41, 5.74) is 1.76. The molecule has 0 saturated heterocycles. The number of nitrogens with zero attached hydrogens (tertiary/aromatic N) is 3. The van der Waals surface area contributed by atoms with Crippen molar-refractivity contribution in [3.05, 3.63) is 24.2 Å². The van der Waals surface area contributed by atoms with E-state index in [1.165, 1.54) is 0 Å². The standard InChI is InChI=1S/C14H20ClN3O/c1-9(2)12(8-19-4)18-13(10(3)15)17-11-6-5-7-16-14(11)18/h5-7,9-10,12H,8H2,1-4H3. The molecule has 0 radical (unpaired) electrons. The van der Waals surface area contributed by atoms with Gasteiger partial charge < -0.3 is 9.30 Å². The maximum Gasteiger partial charge on any atom is 0.160 e. The third-order valence-electron chi connectivity index (χ3n) is 3.27. The fourth-order valence-electron chi connectivity index (χ4n) is 2.29. The molecule has 2 heterocycles. The second-order valence-corrected chi connectivity index (χ2v) is 5.72. The van der Waals surface area contributed by atoms with Crippen LogP contribution in [0.3, 0.4) is 0 Å². The molecule has 0 amide bonds. The number of pyridine rings is 1. The lowest BCUT2D eigenvalue weighted by Gasteiger charge is -2.24. The van der Waals surface area contributed by atoms with E-state index in [1.54, 1.807) is 13.3 Å². The summed E-state index contributed by atoms with van der Waals surface area (Å²) < 4.78 is 7.48. The Bertz CT molecular complexity index is 551. The van der Waals surface area contributed by atoms with Crippen LogP contribution in [0.2, 0.25) is 0 Å². The molecule has 2 aromatic rings. The summed E-state index contributed by atoms with van der Waals surface area (Å²) in [4.78, 5) is 9.07. The molecular formula is C14H20ClN3O. The van der Waals surface area contributed by atoms with Crippen molar-refractivity contribution >= 4 is 22.8 Å². The number of halogens is 1. The van der Waals surface area contributed by atoms with Crippen LogP contribution >= 0.6 is 11.6 Å². The van der Waals surface area contributed by atoms with Gasteiger partial charge in [-0.2, -0.15) is 0 Å². The van der Waals surface area contributed by atoms with E-state index in [0.29, 0.717) is 12.5 Å². The molecule has 2 aromatic heterocycles. The first kappa shape index (κ1) is 14.3. The second kappa shape index (κ2) is 5.88. The highest BCUT2D eigenvalue weighted by Crippen LogP contribution is 2.30. The Morgan fingerprint density at radius 2 is 2.11 bits per heavy atom. The molecular weight excluding hydrogens is 262 g/mol. The molecule has 0 aromatic carbocycles. The van der Waals surface area contributed by atoms with Gasteiger partial charge in [0.05, 0.1) is 18.0 Å². The molecule has 2 rings (SSSR count). The molecule has 0 fully saturated rings. The van der Waals surface area contributed by atoms with Gasteiger partial charge in [-0.25, -0.2) is 9.97 Å². The van der Waals surface area contributed by atoms with Crippen molar-refractivity contribution in [1.82, 2.24) is 14.5 Å². The molecule has 2 unspecified atom stereocenters. The SMILES string of the molecule is COCC(C(C)C)n1c(C(C)Cl)nc2cccnc21. The molecule has 19 heavy (non-hydrogen) atoms. The quantitative estimate of drug-likeness (QED) is 0.787. The summed E-state index contributed by atoms with van der Waals surface area (Å²) in [5.74, 6) is 1.26. The average molecular weight is 282 g/mol. The molecule has 2 atom stereocenters. The number of imidazole rings is 1. The minimum Gasteiger partial charge on any atom is -0.383 e. The zero-order valence-electron chi connectivity index (χ0n) is 11.8. The normalized spacial score (nSPS) is 15.1. The Hall–Kier alpha value is -1.13. The van der Waals surface area contributed by atoms with Crippen molar-refractivity contribution in [3.8, 4) is 0 Å². The number of hydrogen-bond acceptors (Lipinski definition) is 3. The molecule has 0 aliphatic rings. The van der Waals surface area contributed by atoms with E-state index in [4.69, 9.17) is 16.3 Å². The van der Waals surface area contributed by atoms with Crippen molar-refractivity contribution in [2.45, 2.75) is 32.2 Å². The minimum atomic E-state index is -0.160. The summed E-state index contributed by atoms with van der Waals surface area (Å²) in [6, 6.07) is 4.04. The van der Waals surface area contributed by atoms with Crippen LogP contribution in [-0.2, 0) is 4.74 Å². The van der Waals surface area contributed by atoms with Gasteiger partial charge in [0.15, 0.2) is 5.65 Å². The second-order valence-electron chi connectivity index (χ2n) is 5.07. The van der Waals surface area contributed by atoms with E-state index in [2.05, 4.69) is 28.4 Å². The smallest absolute Gasteiger partial charge is 0.160 e. The van der Waals surface area contributed by atoms with Gasteiger partial charge in [-0.1, -0.05) is 13.8 Å². The van der Waals surface area contributed by atoms with E-state index in [1.807, 2.05) is 19.1 Å². The zero-order chi connectivity index (χ0) is 14.0. The lowest BCUT2D eigenvalue weighted by Crippen LogP contribution is -2.22. The van der Waals surface area contributed by atoms with Gasteiger partial charge in [0.25, 0.3) is 0 Å². The molecule has 0 aliphatic carbocycles. The minimum absolute atomic E-state index is 0.160. The van der Waals surface area contributed by atoms with Crippen LogP contribution in [0.1, 0.15) is 38.0 Å². The van der Waals surface area contributed by atoms with E-state index in [-0.39, 0.29) is 11.4 Å². The van der Waals surface area contributed by atoms with Crippen molar-refractivity contribution < 1.29 is 4.74 Å². The average Bonchev–Trinajstić information content (AvgIpc) is 2.75. The van der Waals surface area contributed by atoms with Gasteiger partial charge in [-0.15, -0.1) is 11.6 Å². The van der Waals surface area contributed by atoms with Crippen LogP contribution in [0.5, 0.6) is 0 Å². The van der Waals surface area contributed by atoms with Gasteiger partial charge in [0, 0.05) is 13.3 Å². The number of alkyl halides is 1. The van der Waals surface area contributed by atoms with E-state index in [9.17, 15) is 0 Å². The van der Waals surface area contributed by atoms with Crippen LogP contribution in [0.4, 0.5) is 0 Å².